The zero-order valence-electron chi connectivity index (χ0n) is 10.3. The van der Waals surface area contributed by atoms with E-state index in [1.807, 2.05) is 13.8 Å². The van der Waals surface area contributed by atoms with Crippen LogP contribution in [-0.2, 0) is 4.74 Å². The van der Waals surface area contributed by atoms with E-state index in [2.05, 4.69) is 15.0 Å². The number of aliphatic hydroxyl groups is 1. The number of hydrogen-bond donors (Lipinski definition) is 2. The van der Waals surface area contributed by atoms with Crippen molar-refractivity contribution in [1.82, 2.24) is 4.98 Å². The fourth-order valence-electron chi connectivity index (χ4n) is 1.39. The van der Waals surface area contributed by atoms with Crippen molar-refractivity contribution in [3.63, 3.8) is 0 Å². The summed E-state index contributed by atoms with van der Waals surface area (Å²) in [5, 5.41) is 12.3. The van der Waals surface area contributed by atoms with Crippen molar-refractivity contribution < 1.29 is 14.6 Å². The van der Waals surface area contributed by atoms with Gasteiger partial charge in [-0.05, 0) is 18.1 Å². The zero-order chi connectivity index (χ0) is 12.8. The van der Waals surface area contributed by atoms with E-state index >= 15 is 0 Å². The van der Waals surface area contributed by atoms with Gasteiger partial charge in [0.1, 0.15) is 11.4 Å². The maximum Gasteiger partial charge on any atom is 0.341 e. The molecule has 0 amide bonds. The Balaban J connectivity index is 2.93. The highest BCUT2D eigenvalue weighted by Gasteiger charge is 2.17. The van der Waals surface area contributed by atoms with Crippen LogP contribution in [0, 0.1) is 5.92 Å². The smallest absolute Gasteiger partial charge is 0.341 e. The van der Waals surface area contributed by atoms with Gasteiger partial charge >= 0.3 is 5.97 Å². The van der Waals surface area contributed by atoms with E-state index in [1.165, 1.54) is 7.11 Å². The largest absolute Gasteiger partial charge is 0.465 e. The summed E-state index contributed by atoms with van der Waals surface area (Å²) in [5.41, 5.74) is 0.370. The number of nitrogens with one attached hydrogen (secondary N) is 1. The Bertz CT molecular complexity index is 380. The highest BCUT2D eigenvalue weighted by Crippen LogP contribution is 2.16. The summed E-state index contributed by atoms with van der Waals surface area (Å²) in [6.45, 7) is 3.94. The average Bonchev–Trinajstić information content (AvgIpc) is 2.35. The lowest BCUT2D eigenvalue weighted by Crippen LogP contribution is -2.30. The first-order valence-corrected chi connectivity index (χ1v) is 5.50. The van der Waals surface area contributed by atoms with Crippen LogP contribution in [0.4, 0.5) is 5.82 Å². The number of ether oxygens (including phenoxy) is 1. The third-order valence-corrected chi connectivity index (χ3v) is 2.54. The zero-order valence-corrected chi connectivity index (χ0v) is 10.3. The first-order valence-electron chi connectivity index (χ1n) is 5.50. The summed E-state index contributed by atoms with van der Waals surface area (Å²) < 4.78 is 4.67. The van der Waals surface area contributed by atoms with Crippen molar-refractivity contribution in [2.45, 2.75) is 19.9 Å². The third-order valence-electron chi connectivity index (χ3n) is 2.54. The van der Waals surface area contributed by atoms with Gasteiger partial charge in [0.05, 0.1) is 19.8 Å². The van der Waals surface area contributed by atoms with Crippen LogP contribution in [0.25, 0.3) is 0 Å². The van der Waals surface area contributed by atoms with Crippen LogP contribution in [0.2, 0.25) is 0 Å². The number of carbonyl (C=O) groups excluding carboxylic acids is 1. The Morgan fingerprint density at radius 1 is 1.59 bits per heavy atom. The highest BCUT2D eigenvalue weighted by atomic mass is 16.5. The molecule has 0 aliphatic carbocycles. The lowest BCUT2D eigenvalue weighted by Gasteiger charge is -2.21. The fraction of sp³-hybridized carbons (Fsp3) is 0.500. The van der Waals surface area contributed by atoms with Gasteiger partial charge in [-0.3, -0.25) is 0 Å². The molecule has 0 radical (unpaired) electrons. The lowest BCUT2D eigenvalue weighted by atomic mass is 10.1. The Kier molecular flexibility index (Phi) is 4.90. The maximum atomic E-state index is 11.5. The van der Waals surface area contributed by atoms with Crippen LogP contribution in [0.1, 0.15) is 24.2 Å². The molecule has 0 spiro atoms. The average molecular weight is 238 g/mol. The molecule has 0 fully saturated rings. The molecule has 0 aliphatic heterocycles. The molecule has 1 aromatic heterocycles. The van der Waals surface area contributed by atoms with Gasteiger partial charge in [-0.2, -0.15) is 0 Å². The number of rotatable bonds is 5. The minimum absolute atomic E-state index is 0.0190. The van der Waals surface area contributed by atoms with Crippen molar-refractivity contribution in [3.05, 3.63) is 23.9 Å². The SMILES string of the molecule is COC(=O)c1cccnc1N[C@H](CO)C(C)C. The van der Waals surface area contributed by atoms with Gasteiger partial charge in [0.15, 0.2) is 0 Å². The van der Waals surface area contributed by atoms with E-state index in [4.69, 9.17) is 0 Å². The molecule has 1 heterocycles. The standard InChI is InChI=1S/C12H18N2O3/c1-8(2)10(7-15)14-11-9(12(16)17-3)5-4-6-13-11/h4-6,8,10,15H,7H2,1-3H3,(H,13,14)/t10-/m1/s1. The predicted octanol–water partition coefficient (Wildman–Crippen LogP) is 1.30. The van der Waals surface area contributed by atoms with E-state index < -0.39 is 5.97 Å². The third kappa shape index (κ3) is 3.42. The lowest BCUT2D eigenvalue weighted by molar-refractivity contribution is 0.0601. The van der Waals surface area contributed by atoms with Crippen LogP contribution in [0.5, 0.6) is 0 Å². The minimum Gasteiger partial charge on any atom is -0.465 e. The molecular weight excluding hydrogens is 220 g/mol. The van der Waals surface area contributed by atoms with E-state index in [-0.39, 0.29) is 18.6 Å². The van der Waals surface area contributed by atoms with Crippen molar-refractivity contribution >= 4 is 11.8 Å². The van der Waals surface area contributed by atoms with E-state index in [0.717, 1.165) is 0 Å². The molecule has 1 aromatic rings. The van der Waals surface area contributed by atoms with Crippen molar-refractivity contribution in [1.29, 1.82) is 0 Å². The van der Waals surface area contributed by atoms with Gasteiger partial charge in [0, 0.05) is 6.20 Å². The summed E-state index contributed by atoms with van der Waals surface area (Å²) in [7, 11) is 1.32. The van der Waals surface area contributed by atoms with Crippen LogP contribution in [0.15, 0.2) is 18.3 Å². The molecule has 1 atom stereocenters. The van der Waals surface area contributed by atoms with Crippen LogP contribution in [-0.4, -0.2) is 35.8 Å². The summed E-state index contributed by atoms with van der Waals surface area (Å²) in [6.07, 6.45) is 1.59. The first-order chi connectivity index (χ1) is 8.10. The Hall–Kier alpha value is -1.62. The molecule has 0 bridgehead atoms. The monoisotopic (exact) mass is 238 g/mol. The summed E-state index contributed by atoms with van der Waals surface area (Å²) >= 11 is 0. The normalized spacial score (nSPS) is 12.3. The molecule has 2 N–H and O–H groups in total. The molecule has 17 heavy (non-hydrogen) atoms. The highest BCUT2D eigenvalue weighted by molar-refractivity contribution is 5.94. The summed E-state index contributed by atoms with van der Waals surface area (Å²) in [6, 6.07) is 3.16. The summed E-state index contributed by atoms with van der Waals surface area (Å²) in [5.74, 6) is 0.223. The topological polar surface area (TPSA) is 71.5 Å². The number of esters is 1. The molecule has 5 heteroatoms. The quantitative estimate of drug-likeness (QED) is 0.756. The summed E-state index contributed by atoms with van der Waals surface area (Å²) in [4.78, 5) is 15.6. The molecule has 0 unspecified atom stereocenters. The Morgan fingerprint density at radius 2 is 2.29 bits per heavy atom. The number of aromatic nitrogens is 1. The Morgan fingerprint density at radius 3 is 2.82 bits per heavy atom. The molecular formula is C12H18N2O3. The molecule has 94 valence electrons. The maximum absolute atomic E-state index is 11.5. The van der Waals surface area contributed by atoms with E-state index in [9.17, 15) is 9.90 Å². The van der Waals surface area contributed by atoms with Crippen LogP contribution in [0.3, 0.4) is 0 Å². The molecule has 1 rings (SSSR count). The molecule has 0 saturated carbocycles. The van der Waals surface area contributed by atoms with E-state index in [0.29, 0.717) is 11.4 Å². The van der Waals surface area contributed by atoms with Gasteiger partial charge in [0.25, 0.3) is 0 Å². The number of methoxy groups -OCH3 is 1. The molecule has 0 aliphatic rings. The number of nitrogens with zero attached hydrogens (tertiary/aromatic N) is 1. The number of anilines is 1. The molecule has 0 aromatic carbocycles. The second-order valence-corrected chi connectivity index (χ2v) is 4.07. The number of hydrogen-bond acceptors (Lipinski definition) is 5. The van der Waals surface area contributed by atoms with Gasteiger partial charge < -0.3 is 15.2 Å². The van der Waals surface area contributed by atoms with E-state index in [1.54, 1.807) is 18.3 Å². The fourth-order valence-corrected chi connectivity index (χ4v) is 1.39. The Labute approximate surface area is 101 Å². The van der Waals surface area contributed by atoms with Crippen molar-refractivity contribution in [2.75, 3.05) is 19.0 Å². The van der Waals surface area contributed by atoms with Crippen molar-refractivity contribution in [3.8, 4) is 0 Å². The molecule has 0 saturated heterocycles. The first kappa shape index (κ1) is 13.4. The number of pyridine rings is 1. The van der Waals surface area contributed by atoms with Crippen molar-refractivity contribution in [2.24, 2.45) is 5.92 Å². The minimum atomic E-state index is -0.443. The van der Waals surface area contributed by atoms with Crippen LogP contribution >= 0.6 is 0 Å². The molecule has 5 nitrogen and oxygen atoms in total. The van der Waals surface area contributed by atoms with Gasteiger partial charge in [0.2, 0.25) is 0 Å². The second kappa shape index (κ2) is 6.20. The predicted molar refractivity (Wildman–Crippen MR) is 64.9 cm³/mol. The number of carbonyl (C=O) groups is 1. The second-order valence-electron chi connectivity index (χ2n) is 4.07. The van der Waals surface area contributed by atoms with Gasteiger partial charge in [-0.1, -0.05) is 13.8 Å². The van der Waals surface area contributed by atoms with Crippen LogP contribution < -0.4 is 5.32 Å². The number of aliphatic hydroxyl groups excluding tert-OH is 1. The van der Waals surface area contributed by atoms with Gasteiger partial charge in [-0.15, -0.1) is 0 Å². The van der Waals surface area contributed by atoms with Gasteiger partial charge in [-0.25, -0.2) is 9.78 Å².